The molecule has 0 bridgehead atoms. The molecule has 0 unspecified atom stereocenters. The SMILES string of the molecule is CCP(CC)c1ccc(Br)s1. The molecule has 1 heterocycles. The highest BCUT2D eigenvalue weighted by Gasteiger charge is 2.07. The Labute approximate surface area is 81.9 Å². The summed E-state index contributed by atoms with van der Waals surface area (Å²) < 4.78 is 2.85. The van der Waals surface area contributed by atoms with Crippen LogP contribution in [0.3, 0.4) is 0 Å². The number of hydrogen-bond donors (Lipinski definition) is 0. The van der Waals surface area contributed by atoms with Gasteiger partial charge in [0.2, 0.25) is 0 Å². The molecule has 0 radical (unpaired) electrons. The quantitative estimate of drug-likeness (QED) is 0.719. The Balaban J connectivity index is 2.73. The van der Waals surface area contributed by atoms with Gasteiger partial charge in [0.05, 0.1) is 3.79 Å². The molecule has 0 atom stereocenters. The highest BCUT2D eigenvalue weighted by atomic mass is 79.9. The predicted octanol–water partition coefficient (Wildman–Crippen LogP) is 3.66. The molecule has 11 heavy (non-hydrogen) atoms. The van der Waals surface area contributed by atoms with Crippen LogP contribution in [0.1, 0.15) is 13.8 Å². The smallest absolute Gasteiger partial charge is 0.0705 e. The first-order valence-corrected chi connectivity index (χ1v) is 7.10. The molecule has 0 fully saturated rings. The summed E-state index contributed by atoms with van der Waals surface area (Å²) in [6.07, 6.45) is 2.64. The molecule has 0 spiro atoms. The van der Waals surface area contributed by atoms with Gasteiger partial charge in [-0.2, -0.15) is 0 Å². The zero-order valence-electron chi connectivity index (χ0n) is 6.80. The molecule has 0 aliphatic heterocycles. The maximum absolute atomic E-state index is 3.49. The molecular weight excluding hydrogens is 239 g/mol. The summed E-state index contributed by atoms with van der Waals surface area (Å²) in [6, 6.07) is 4.41. The molecular formula is C8H12BrPS. The molecule has 1 rings (SSSR count). The minimum Gasteiger partial charge on any atom is -0.128 e. The number of thiophene rings is 1. The van der Waals surface area contributed by atoms with E-state index in [1.807, 2.05) is 11.3 Å². The number of hydrogen-bond acceptors (Lipinski definition) is 1. The highest BCUT2D eigenvalue weighted by Crippen LogP contribution is 2.36. The van der Waals surface area contributed by atoms with Gasteiger partial charge < -0.3 is 0 Å². The van der Waals surface area contributed by atoms with E-state index in [4.69, 9.17) is 0 Å². The third kappa shape index (κ3) is 2.54. The Hall–Kier alpha value is 0.610. The van der Waals surface area contributed by atoms with Crippen molar-refractivity contribution >= 4 is 39.8 Å². The maximum Gasteiger partial charge on any atom is 0.0705 e. The van der Waals surface area contributed by atoms with Crippen LogP contribution in [0.2, 0.25) is 0 Å². The fourth-order valence-electron chi connectivity index (χ4n) is 1.01. The van der Waals surface area contributed by atoms with Crippen LogP contribution in [0.25, 0.3) is 0 Å². The lowest BCUT2D eigenvalue weighted by Crippen LogP contribution is -1.96. The summed E-state index contributed by atoms with van der Waals surface area (Å²) in [5.41, 5.74) is 0. The van der Waals surface area contributed by atoms with Crippen molar-refractivity contribution in [2.75, 3.05) is 12.3 Å². The summed E-state index contributed by atoms with van der Waals surface area (Å²) in [5, 5.41) is 0. The van der Waals surface area contributed by atoms with E-state index in [1.54, 1.807) is 4.62 Å². The first kappa shape index (κ1) is 9.70. The largest absolute Gasteiger partial charge is 0.128 e. The standard InChI is InChI=1S/C8H12BrPS/c1-3-10(4-2)8-6-5-7(9)11-8/h5-6H,3-4H2,1-2H3. The lowest BCUT2D eigenvalue weighted by Gasteiger charge is -2.09. The topological polar surface area (TPSA) is 0 Å². The molecule has 1 aromatic heterocycles. The van der Waals surface area contributed by atoms with Crippen molar-refractivity contribution in [1.29, 1.82) is 0 Å². The van der Waals surface area contributed by atoms with Crippen LogP contribution in [0.5, 0.6) is 0 Å². The van der Waals surface area contributed by atoms with Crippen LogP contribution in [0.4, 0.5) is 0 Å². The van der Waals surface area contributed by atoms with E-state index >= 15 is 0 Å². The average molecular weight is 251 g/mol. The van der Waals surface area contributed by atoms with E-state index in [-0.39, 0.29) is 7.92 Å². The fourth-order valence-corrected chi connectivity index (χ4v) is 5.45. The van der Waals surface area contributed by atoms with Crippen LogP contribution in [0, 0.1) is 0 Å². The van der Waals surface area contributed by atoms with Crippen LogP contribution < -0.4 is 4.62 Å². The van der Waals surface area contributed by atoms with Gasteiger partial charge >= 0.3 is 0 Å². The lowest BCUT2D eigenvalue weighted by atomic mass is 10.7. The van der Waals surface area contributed by atoms with E-state index in [2.05, 4.69) is 41.9 Å². The van der Waals surface area contributed by atoms with Crippen molar-refractivity contribution in [1.82, 2.24) is 0 Å². The van der Waals surface area contributed by atoms with Gasteiger partial charge in [0.25, 0.3) is 0 Å². The molecule has 0 aliphatic rings. The first-order chi connectivity index (χ1) is 5.27. The third-order valence-electron chi connectivity index (χ3n) is 1.63. The molecule has 0 aromatic carbocycles. The maximum atomic E-state index is 3.49. The van der Waals surface area contributed by atoms with Gasteiger partial charge in [0.1, 0.15) is 0 Å². The third-order valence-corrected chi connectivity index (χ3v) is 6.41. The van der Waals surface area contributed by atoms with Gasteiger partial charge in [0, 0.05) is 4.62 Å². The minimum atomic E-state index is 0.158. The van der Waals surface area contributed by atoms with Gasteiger partial charge in [0.15, 0.2) is 0 Å². The lowest BCUT2D eigenvalue weighted by molar-refractivity contribution is 1.43. The molecule has 0 amide bonds. The molecule has 0 nitrogen and oxygen atoms in total. The van der Waals surface area contributed by atoms with E-state index < -0.39 is 0 Å². The van der Waals surface area contributed by atoms with E-state index in [0.29, 0.717) is 0 Å². The van der Waals surface area contributed by atoms with Crippen molar-refractivity contribution in [2.45, 2.75) is 13.8 Å². The average Bonchev–Trinajstić information content (AvgIpc) is 2.39. The number of halogens is 1. The van der Waals surface area contributed by atoms with Crippen molar-refractivity contribution in [3.63, 3.8) is 0 Å². The molecule has 0 N–H and O–H groups in total. The molecule has 62 valence electrons. The second-order valence-corrected chi connectivity index (χ2v) is 7.84. The van der Waals surface area contributed by atoms with Gasteiger partial charge in [-0.25, -0.2) is 0 Å². The highest BCUT2D eigenvalue weighted by molar-refractivity contribution is 9.11. The van der Waals surface area contributed by atoms with Crippen LogP contribution in [-0.2, 0) is 0 Å². The second kappa shape index (κ2) is 4.59. The zero-order valence-corrected chi connectivity index (χ0v) is 10.1. The first-order valence-electron chi connectivity index (χ1n) is 3.78. The Morgan fingerprint density at radius 2 is 2.00 bits per heavy atom. The molecule has 0 aliphatic carbocycles. The van der Waals surface area contributed by atoms with E-state index in [1.165, 1.54) is 16.1 Å². The van der Waals surface area contributed by atoms with Crippen LogP contribution in [-0.4, -0.2) is 12.3 Å². The Kier molecular flexibility index (Phi) is 4.05. The van der Waals surface area contributed by atoms with E-state index in [9.17, 15) is 0 Å². The monoisotopic (exact) mass is 250 g/mol. The summed E-state index contributed by atoms with van der Waals surface area (Å²) in [6.45, 7) is 4.56. The summed E-state index contributed by atoms with van der Waals surface area (Å²) in [4.78, 5) is 0. The van der Waals surface area contributed by atoms with Crippen molar-refractivity contribution in [3.8, 4) is 0 Å². The molecule has 1 aromatic rings. The second-order valence-electron chi connectivity index (χ2n) is 2.25. The van der Waals surface area contributed by atoms with Crippen molar-refractivity contribution in [3.05, 3.63) is 15.9 Å². The molecule has 3 heteroatoms. The van der Waals surface area contributed by atoms with Crippen LogP contribution in [0.15, 0.2) is 15.9 Å². The Morgan fingerprint density at radius 1 is 1.36 bits per heavy atom. The molecule has 0 saturated heterocycles. The zero-order chi connectivity index (χ0) is 8.27. The molecule has 0 saturated carbocycles. The normalized spacial score (nSPS) is 10.9. The van der Waals surface area contributed by atoms with Crippen LogP contribution >= 0.6 is 35.2 Å². The number of rotatable bonds is 3. The fraction of sp³-hybridized carbons (Fsp3) is 0.500. The van der Waals surface area contributed by atoms with Gasteiger partial charge in [-0.05, 0) is 40.4 Å². The predicted molar refractivity (Wildman–Crippen MR) is 59.7 cm³/mol. The summed E-state index contributed by atoms with van der Waals surface area (Å²) in [7, 11) is 0.158. The van der Waals surface area contributed by atoms with Gasteiger partial charge in [-0.3, -0.25) is 0 Å². The van der Waals surface area contributed by atoms with Crippen molar-refractivity contribution in [2.24, 2.45) is 0 Å². The minimum absolute atomic E-state index is 0.158. The summed E-state index contributed by atoms with van der Waals surface area (Å²) >= 11 is 5.38. The van der Waals surface area contributed by atoms with Crippen molar-refractivity contribution < 1.29 is 0 Å². The Morgan fingerprint density at radius 3 is 2.36 bits per heavy atom. The summed E-state index contributed by atoms with van der Waals surface area (Å²) in [5.74, 6) is 0. The van der Waals surface area contributed by atoms with Gasteiger partial charge in [-0.15, -0.1) is 11.3 Å². The van der Waals surface area contributed by atoms with Gasteiger partial charge in [-0.1, -0.05) is 21.8 Å². The Bertz CT molecular complexity index is 218. The van der Waals surface area contributed by atoms with E-state index in [0.717, 1.165) is 0 Å².